The van der Waals surface area contributed by atoms with Crippen LogP contribution in [0.25, 0.3) is 0 Å². The Morgan fingerprint density at radius 2 is 1.70 bits per heavy atom. The van der Waals surface area contributed by atoms with Crippen molar-refractivity contribution in [1.82, 2.24) is 0 Å². The van der Waals surface area contributed by atoms with Gasteiger partial charge in [0.05, 0.1) is 7.11 Å². The predicted molar refractivity (Wildman–Crippen MR) is 85.4 cm³/mol. The number of nitrogens with two attached hydrogens (primary N) is 1. The van der Waals surface area contributed by atoms with Gasteiger partial charge in [-0.1, -0.05) is 46.1 Å². The van der Waals surface area contributed by atoms with E-state index in [9.17, 15) is 0 Å². The number of methoxy groups -OCH3 is 1. The maximum atomic E-state index is 6.71. The molecule has 2 N–H and O–H groups in total. The topological polar surface area (TPSA) is 35.2 Å². The second-order valence-corrected chi connectivity index (χ2v) is 7.34. The fourth-order valence-electron chi connectivity index (χ4n) is 3.36. The van der Waals surface area contributed by atoms with E-state index in [0.717, 1.165) is 18.6 Å². The molecule has 0 atom stereocenters. The summed E-state index contributed by atoms with van der Waals surface area (Å²) in [6.07, 6.45) is 6.00. The molecular formula is C18H29NO. The SMILES string of the molecule is COc1c(C)cc(C2(N)CCCCC2)cc1C(C)(C)C. The third-order valence-electron chi connectivity index (χ3n) is 4.61. The fourth-order valence-corrected chi connectivity index (χ4v) is 3.36. The zero-order valence-electron chi connectivity index (χ0n) is 13.7. The van der Waals surface area contributed by atoms with E-state index in [1.54, 1.807) is 7.11 Å². The van der Waals surface area contributed by atoms with E-state index in [0.29, 0.717) is 0 Å². The number of benzene rings is 1. The van der Waals surface area contributed by atoms with Crippen LogP contribution in [0.15, 0.2) is 12.1 Å². The molecule has 0 radical (unpaired) electrons. The van der Waals surface area contributed by atoms with E-state index in [2.05, 4.69) is 39.8 Å². The van der Waals surface area contributed by atoms with Gasteiger partial charge in [0.15, 0.2) is 0 Å². The summed E-state index contributed by atoms with van der Waals surface area (Å²) < 4.78 is 5.64. The Morgan fingerprint density at radius 3 is 2.20 bits per heavy atom. The number of rotatable bonds is 2. The Morgan fingerprint density at radius 1 is 1.10 bits per heavy atom. The van der Waals surface area contributed by atoms with E-state index in [1.165, 1.54) is 36.0 Å². The molecule has 1 saturated carbocycles. The van der Waals surface area contributed by atoms with Gasteiger partial charge in [0.1, 0.15) is 5.75 Å². The summed E-state index contributed by atoms with van der Waals surface area (Å²) >= 11 is 0. The van der Waals surface area contributed by atoms with E-state index in [4.69, 9.17) is 10.5 Å². The van der Waals surface area contributed by atoms with Crippen LogP contribution in [-0.4, -0.2) is 7.11 Å². The van der Waals surface area contributed by atoms with Crippen molar-refractivity contribution in [3.8, 4) is 5.75 Å². The highest BCUT2D eigenvalue weighted by molar-refractivity contribution is 5.49. The molecule has 0 amide bonds. The first-order valence-electron chi connectivity index (χ1n) is 7.76. The van der Waals surface area contributed by atoms with Gasteiger partial charge in [-0.2, -0.15) is 0 Å². The van der Waals surface area contributed by atoms with Crippen LogP contribution in [0.5, 0.6) is 5.75 Å². The van der Waals surface area contributed by atoms with E-state index >= 15 is 0 Å². The zero-order valence-corrected chi connectivity index (χ0v) is 13.7. The lowest BCUT2D eigenvalue weighted by Crippen LogP contribution is -2.39. The van der Waals surface area contributed by atoms with Crippen molar-refractivity contribution >= 4 is 0 Å². The molecule has 1 aromatic carbocycles. The lowest BCUT2D eigenvalue weighted by atomic mass is 9.74. The summed E-state index contributed by atoms with van der Waals surface area (Å²) in [6, 6.07) is 4.52. The summed E-state index contributed by atoms with van der Waals surface area (Å²) in [6.45, 7) is 8.83. The average molecular weight is 275 g/mol. The molecule has 1 aliphatic carbocycles. The van der Waals surface area contributed by atoms with Crippen LogP contribution in [0.2, 0.25) is 0 Å². The Balaban J connectivity index is 2.53. The highest BCUT2D eigenvalue weighted by Gasteiger charge is 2.32. The molecule has 112 valence electrons. The highest BCUT2D eigenvalue weighted by atomic mass is 16.5. The van der Waals surface area contributed by atoms with E-state index in [-0.39, 0.29) is 11.0 Å². The van der Waals surface area contributed by atoms with Crippen LogP contribution < -0.4 is 10.5 Å². The van der Waals surface area contributed by atoms with Gasteiger partial charge in [-0.3, -0.25) is 0 Å². The molecule has 1 aromatic rings. The first-order valence-corrected chi connectivity index (χ1v) is 7.76. The number of ether oxygens (including phenoxy) is 1. The molecule has 2 rings (SSSR count). The first-order chi connectivity index (χ1) is 9.28. The highest BCUT2D eigenvalue weighted by Crippen LogP contribution is 2.41. The van der Waals surface area contributed by atoms with E-state index < -0.39 is 0 Å². The molecule has 0 heterocycles. The molecular weight excluding hydrogens is 246 g/mol. The summed E-state index contributed by atoms with van der Waals surface area (Å²) in [5, 5.41) is 0. The third kappa shape index (κ3) is 2.85. The molecule has 1 fully saturated rings. The monoisotopic (exact) mass is 275 g/mol. The second-order valence-electron chi connectivity index (χ2n) is 7.34. The molecule has 0 spiro atoms. The first kappa shape index (κ1) is 15.4. The molecule has 0 unspecified atom stereocenters. The van der Waals surface area contributed by atoms with Crippen molar-refractivity contribution in [2.75, 3.05) is 7.11 Å². The summed E-state index contributed by atoms with van der Waals surface area (Å²) in [4.78, 5) is 0. The third-order valence-corrected chi connectivity index (χ3v) is 4.61. The van der Waals surface area contributed by atoms with Crippen molar-refractivity contribution in [1.29, 1.82) is 0 Å². The summed E-state index contributed by atoms with van der Waals surface area (Å²) in [7, 11) is 1.76. The number of hydrogen-bond acceptors (Lipinski definition) is 2. The molecule has 2 heteroatoms. The number of hydrogen-bond donors (Lipinski definition) is 1. The molecule has 0 aliphatic heterocycles. The van der Waals surface area contributed by atoms with Crippen molar-refractivity contribution in [2.24, 2.45) is 5.73 Å². The summed E-state index contributed by atoms with van der Waals surface area (Å²) in [5.41, 5.74) is 10.4. The average Bonchev–Trinajstić information content (AvgIpc) is 2.37. The van der Waals surface area contributed by atoms with Crippen LogP contribution >= 0.6 is 0 Å². The maximum absolute atomic E-state index is 6.71. The van der Waals surface area contributed by atoms with Gasteiger partial charge in [-0.15, -0.1) is 0 Å². The van der Waals surface area contributed by atoms with Crippen LogP contribution in [0.1, 0.15) is 69.6 Å². The lowest BCUT2D eigenvalue weighted by molar-refractivity contribution is 0.301. The lowest BCUT2D eigenvalue weighted by Gasteiger charge is -2.36. The Hall–Kier alpha value is -1.02. The predicted octanol–water partition coefficient (Wildman–Crippen LogP) is 4.42. The van der Waals surface area contributed by atoms with Gasteiger partial charge in [0, 0.05) is 11.1 Å². The molecule has 1 aliphatic rings. The van der Waals surface area contributed by atoms with Crippen molar-refractivity contribution in [3.63, 3.8) is 0 Å². The Labute approximate surface area is 123 Å². The molecule has 0 bridgehead atoms. The second kappa shape index (κ2) is 5.40. The van der Waals surface area contributed by atoms with E-state index in [1.807, 2.05) is 0 Å². The summed E-state index contributed by atoms with van der Waals surface area (Å²) in [5.74, 6) is 1.01. The molecule has 0 saturated heterocycles. The van der Waals surface area contributed by atoms with Gasteiger partial charge in [0.2, 0.25) is 0 Å². The largest absolute Gasteiger partial charge is 0.496 e. The van der Waals surface area contributed by atoms with Crippen molar-refractivity contribution in [2.45, 2.75) is 70.8 Å². The smallest absolute Gasteiger partial charge is 0.125 e. The van der Waals surface area contributed by atoms with Crippen molar-refractivity contribution in [3.05, 3.63) is 28.8 Å². The molecule has 0 aromatic heterocycles. The van der Waals surface area contributed by atoms with Crippen LogP contribution in [0, 0.1) is 6.92 Å². The maximum Gasteiger partial charge on any atom is 0.125 e. The minimum Gasteiger partial charge on any atom is -0.496 e. The van der Waals surface area contributed by atoms with Gasteiger partial charge < -0.3 is 10.5 Å². The quantitative estimate of drug-likeness (QED) is 0.867. The minimum atomic E-state index is -0.144. The number of aryl methyl sites for hydroxylation is 1. The fraction of sp³-hybridized carbons (Fsp3) is 0.667. The van der Waals surface area contributed by atoms with Gasteiger partial charge in [-0.05, 0) is 42.4 Å². The van der Waals surface area contributed by atoms with Crippen LogP contribution in [0.3, 0.4) is 0 Å². The zero-order chi connectivity index (χ0) is 15.0. The standard InChI is InChI=1S/C18H29NO/c1-13-11-14(18(19)9-7-6-8-10-18)12-15(16(13)20-5)17(2,3)4/h11-12H,6-10,19H2,1-5H3. The minimum absolute atomic E-state index is 0.0666. The van der Waals surface area contributed by atoms with Gasteiger partial charge in [-0.25, -0.2) is 0 Å². The molecule has 20 heavy (non-hydrogen) atoms. The normalized spacial score (nSPS) is 18.9. The van der Waals surface area contributed by atoms with Gasteiger partial charge >= 0.3 is 0 Å². The Bertz CT molecular complexity index is 479. The van der Waals surface area contributed by atoms with Gasteiger partial charge in [0.25, 0.3) is 0 Å². The molecule has 2 nitrogen and oxygen atoms in total. The van der Waals surface area contributed by atoms with Crippen molar-refractivity contribution < 1.29 is 4.74 Å². The van der Waals surface area contributed by atoms with Crippen LogP contribution in [-0.2, 0) is 11.0 Å². The Kier molecular flexibility index (Phi) is 4.15. The van der Waals surface area contributed by atoms with Crippen LogP contribution in [0.4, 0.5) is 0 Å².